The van der Waals surface area contributed by atoms with Crippen molar-refractivity contribution in [2.24, 2.45) is 11.7 Å². The van der Waals surface area contributed by atoms with Crippen molar-refractivity contribution < 1.29 is 14.3 Å². The first kappa shape index (κ1) is 14.9. The van der Waals surface area contributed by atoms with Crippen molar-refractivity contribution >= 4 is 11.8 Å². The Bertz CT molecular complexity index is 286. The largest absolute Gasteiger partial charge is 0.370 e. The summed E-state index contributed by atoms with van der Waals surface area (Å²) in [6.45, 7) is 2.18. The second-order valence-electron chi connectivity index (χ2n) is 4.73. The molecule has 1 aliphatic heterocycles. The first-order valence-corrected chi connectivity index (χ1v) is 6.33. The standard InChI is InChI=1S/C12H23N3O3/c1-14(2)12(17)10-3-6-15(7-4-10)11(16)9-18-8-5-13/h10H,3-9,13H2,1-2H3. The second kappa shape index (κ2) is 7.33. The Balaban J connectivity index is 2.30. The number of ether oxygens (including phenoxy) is 1. The zero-order chi connectivity index (χ0) is 13.5. The predicted molar refractivity (Wildman–Crippen MR) is 67.9 cm³/mol. The fraction of sp³-hybridized carbons (Fsp3) is 0.833. The zero-order valence-electron chi connectivity index (χ0n) is 11.2. The number of piperidine rings is 1. The van der Waals surface area contributed by atoms with Crippen molar-refractivity contribution in [1.82, 2.24) is 9.80 Å². The highest BCUT2D eigenvalue weighted by atomic mass is 16.5. The molecule has 1 rings (SSSR count). The molecule has 0 saturated carbocycles. The first-order chi connectivity index (χ1) is 8.56. The van der Waals surface area contributed by atoms with E-state index in [0.717, 1.165) is 12.8 Å². The molecule has 6 nitrogen and oxygen atoms in total. The number of nitrogens with zero attached hydrogens (tertiary/aromatic N) is 2. The van der Waals surface area contributed by atoms with Crippen molar-refractivity contribution in [3.8, 4) is 0 Å². The minimum atomic E-state index is -0.0146. The van der Waals surface area contributed by atoms with E-state index in [1.807, 2.05) is 0 Å². The van der Waals surface area contributed by atoms with Gasteiger partial charge in [-0.3, -0.25) is 9.59 Å². The number of nitrogens with two attached hydrogens (primary N) is 1. The van der Waals surface area contributed by atoms with E-state index in [-0.39, 0.29) is 24.3 Å². The number of hydrogen-bond acceptors (Lipinski definition) is 4. The van der Waals surface area contributed by atoms with Crippen LogP contribution in [-0.2, 0) is 14.3 Å². The van der Waals surface area contributed by atoms with Gasteiger partial charge in [0, 0.05) is 39.6 Å². The molecule has 1 saturated heterocycles. The fourth-order valence-corrected chi connectivity index (χ4v) is 2.08. The van der Waals surface area contributed by atoms with Crippen molar-refractivity contribution in [3.63, 3.8) is 0 Å². The monoisotopic (exact) mass is 257 g/mol. The van der Waals surface area contributed by atoms with Gasteiger partial charge in [-0.2, -0.15) is 0 Å². The lowest BCUT2D eigenvalue weighted by Gasteiger charge is -2.32. The lowest BCUT2D eigenvalue weighted by Crippen LogP contribution is -2.44. The summed E-state index contributed by atoms with van der Waals surface area (Å²) in [5.41, 5.74) is 5.28. The summed E-state index contributed by atoms with van der Waals surface area (Å²) in [5, 5.41) is 0. The molecule has 0 unspecified atom stereocenters. The van der Waals surface area contributed by atoms with E-state index in [0.29, 0.717) is 26.2 Å². The van der Waals surface area contributed by atoms with Gasteiger partial charge in [0.2, 0.25) is 11.8 Å². The maximum absolute atomic E-state index is 11.8. The molecule has 0 bridgehead atoms. The third-order valence-corrected chi connectivity index (χ3v) is 3.13. The molecule has 18 heavy (non-hydrogen) atoms. The van der Waals surface area contributed by atoms with Crippen LogP contribution in [-0.4, -0.2) is 68.6 Å². The Labute approximate surface area is 108 Å². The quantitative estimate of drug-likeness (QED) is 0.660. The molecule has 1 heterocycles. The molecule has 104 valence electrons. The van der Waals surface area contributed by atoms with E-state index in [9.17, 15) is 9.59 Å². The summed E-state index contributed by atoms with van der Waals surface area (Å²) in [6, 6.07) is 0. The lowest BCUT2D eigenvalue weighted by atomic mass is 9.95. The molecule has 1 fully saturated rings. The van der Waals surface area contributed by atoms with Gasteiger partial charge in [-0.15, -0.1) is 0 Å². The normalized spacial score (nSPS) is 16.7. The molecule has 6 heteroatoms. The molecule has 0 aromatic heterocycles. The molecule has 0 radical (unpaired) electrons. The van der Waals surface area contributed by atoms with E-state index in [2.05, 4.69) is 0 Å². The Morgan fingerprint density at radius 2 is 1.94 bits per heavy atom. The van der Waals surface area contributed by atoms with Gasteiger partial charge in [-0.25, -0.2) is 0 Å². The smallest absolute Gasteiger partial charge is 0.248 e. The van der Waals surface area contributed by atoms with Gasteiger partial charge in [0.15, 0.2) is 0 Å². The highest BCUT2D eigenvalue weighted by Gasteiger charge is 2.27. The van der Waals surface area contributed by atoms with Crippen molar-refractivity contribution in [2.45, 2.75) is 12.8 Å². The highest BCUT2D eigenvalue weighted by Crippen LogP contribution is 2.18. The number of carbonyl (C=O) groups excluding carboxylic acids is 2. The summed E-state index contributed by atoms with van der Waals surface area (Å²) in [7, 11) is 3.53. The van der Waals surface area contributed by atoms with Crippen LogP contribution < -0.4 is 5.73 Å². The Kier molecular flexibility index (Phi) is 6.07. The third-order valence-electron chi connectivity index (χ3n) is 3.13. The fourth-order valence-electron chi connectivity index (χ4n) is 2.08. The van der Waals surface area contributed by atoms with E-state index >= 15 is 0 Å². The molecule has 2 N–H and O–H groups in total. The van der Waals surface area contributed by atoms with Gasteiger partial charge in [-0.1, -0.05) is 0 Å². The minimum Gasteiger partial charge on any atom is -0.370 e. The SMILES string of the molecule is CN(C)C(=O)C1CCN(C(=O)COCCN)CC1. The predicted octanol–water partition coefficient (Wildman–Crippen LogP) is -0.711. The number of amides is 2. The van der Waals surface area contributed by atoms with Gasteiger partial charge in [0.25, 0.3) is 0 Å². The molecule has 0 spiro atoms. The van der Waals surface area contributed by atoms with Crippen LogP contribution in [0.25, 0.3) is 0 Å². The van der Waals surface area contributed by atoms with Crippen LogP contribution in [0.2, 0.25) is 0 Å². The molecule has 0 aromatic carbocycles. The van der Waals surface area contributed by atoms with Crippen LogP contribution in [0.3, 0.4) is 0 Å². The summed E-state index contributed by atoms with van der Waals surface area (Å²) < 4.78 is 5.12. The Morgan fingerprint density at radius 1 is 1.33 bits per heavy atom. The van der Waals surface area contributed by atoms with Gasteiger partial charge in [0.05, 0.1) is 6.61 Å². The average Bonchev–Trinajstić information content (AvgIpc) is 2.38. The molecular weight excluding hydrogens is 234 g/mol. The van der Waals surface area contributed by atoms with Crippen LogP contribution in [0.4, 0.5) is 0 Å². The van der Waals surface area contributed by atoms with Gasteiger partial charge >= 0.3 is 0 Å². The lowest BCUT2D eigenvalue weighted by molar-refractivity contribution is -0.141. The molecule has 0 aromatic rings. The Hall–Kier alpha value is -1.14. The van der Waals surface area contributed by atoms with Crippen LogP contribution in [0.5, 0.6) is 0 Å². The summed E-state index contributed by atoms with van der Waals surface area (Å²) >= 11 is 0. The molecule has 0 atom stereocenters. The first-order valence-electron chi connectivity index (χ1n) is 6.33. The maximum atomic E-state index is 11.8. The molecule has 2 amide bonds. The highest BCUT2D eigenvalue weighted by molar-refractivity contribution is 5.80. The number of likely N-dealkylation sites (tertiary alicyclic amines) is 1. The zero-order valence-corrected chi connectivity index (χ0v) is 11.2. The van der Waals surface area contributed by atoms with E-state index in [1.165, 1.54) is 0 Å². The second-order valence-corrected chi connectivity index (χ2v) is 4.73. The number of hydrogen-bond donors (Lipinski definition) is 1. The van der Waals surface area contributed by atoms with E-state index in [1.54, 1.807) is 23.9 Å². The van der Waals surface area contributed by atoms with Crippen LogP contribution >= 0.6 is 0 Å². The minimum absolute atomic E-state index is 0.0146. The summed E-state index contributed by atoms with van der Waals surface area (Å²) in [6.07, 6.45) is 1.47. The van der Waals surface area contributed by atoms with Crippen LogP contribution in [0, 0.1) is 5.92 Å². The molecular formula is C12H23N3O3. The van der Waals surface area contributed by atoms with Gasteiger partial charge < -0.3 is 20.3 Å². The maximum Gasteiger partial charge on any atom is 0.248 e. The summed E-state index contributed by atoms with van der Waals surface area (Å²) in [5.74, 6) is 0.190. The summed E-state index contributed by atoms with van der Waals surface area (Å²) in [4.78, 5) is 26.9. The van der Waals surface area contributed by atoms with Crippen molar-refractivity contribution in [3.05, 3.63) is 0 Å². The van der Waals surface area contributed by atoms with E-state index in [4.69, 9.17) is 10.5 Å². The number of rotatable bonds is 5. The average molecular weight is 257 g/mol. The third kappa shape index (κ3) is 4.27. The van der Waals surface area contributed by atoms with Crippen molar-refractivity contribution in [1.29, 1.82) is 0 Å². The number of carbonyl (C=O) groups is 2. The van der Waals surface area contributed by atoms with Gasteiger partial charge in [0.1, 0.15) is 6.61 Å². The molecule has 0 aliphatic carbocycles. The van der Waals surface area contributed by atoms with Gasteiger partial charge in [-0.05, 0) is 12.8 Å². The van der Waals surface area contributed by atoms with E-state index < -0.39 is 0 Å². The molecule has 1 aliphatic rings. The van der Waals surface area contributed by atoms with Crippen molar-refractivity contribution in [2.75, 3.05) is 46.9 Å². The topological polar surface area (TPSA) is 75.9 Å². The Morgan fingerprint density at radius 3 is 2.44 bits per heavy atom. The van der Waals surface area contributed by atoms with Crippen LogP contribution in [0.1, 0.15) is 12.8 Å². The van der Waals surface area contributed by atoms with Crippen LogP contribution in [0.15, 0.2) is 0 Å².